The molecule has 0 bridgehead atoms. The molecule has 1 fully saturated rings. The number of hydrogen-bond donors (Lipinski definition) is 0. The molecule has 1 unspecified atom stereocenters. The summed E-state index contributed by atoms with van der Waals surface area (Å²) < 4.78 is 40.2. The summed E-state index contributed by atoms with van der Waals surface area (Å²) in [4.78, 5) is 0.161. The Morgan fingerprint density at radius 1 is 1.29 bits per heavy atom. The number of aryl methyl sites for hydroxylation is 1. The minimum absolute atomic E-state index is 0.0178. The molecule has 2 rings (SSSR count). The van der Waals surface area contributed by atoms with E-state index in [-0.39, 0.29) is 23.9 Å². The Morgan fingerprint density at radius 2 is 2.00 bits per heavy atom. The van der Waals surface area contributed by atoms with E-state index in [1.54, 1.807) is 31.2 Å². The lowest BCUT2D eigenvalue weighted by molar-refractivity contribution is -0.188. The molecule has 1 aliphatic rings. The largest absolute Gasteiger partial charge is 0.353 e. The second-order valence-electron chi connectivity index (χ2n) is 5.29. The molecule has 118 valence electrons. The zero-order valence-corrected chi connectivity index (χ0v) is 13.3. The van der Waals surface area contributed by atoms with Crippen molar-refractivity contribution in [2.24, 2.45) is 0 Å². The van der Waals surface area contributed by atoms with Gasteiger partial charge in [-0.1, -0.05) is 17.7 Å². The van der Waals surface area contributed by atoms with Gasteiger partial charge in [0.05, 0.1) is 17.6 Å². The van der Waals surface area contributed by atoms with Gasteiger partial charge in [0.1, 0.15) is 0 Å². The number of hydrogen-bond acceptors (Lipinski definition) is 5. The van der Waals surface area contributed by atoms with Gasteiger partial charge in [-0.05, 0) is 45.2 Å². The van der Waals surface area contributed by atoms with E-state index in [9.17, 15) is 8.42 Å². The van der Waals surface area contributed by atoms with E-state index < -0.39 is 10.1 Å². The first-order valence-corrected chi connectivity index (χ1v) is 8.61. The molecule has 21 heavy (non-hydrogen) atoms. The van der Waals surface area contributed by atoms with Crippen LogP contribution in [0.25, 0.3) is 0 Å². The van der Waals surface area contributed by atoms with Gasteiger partial charge in [-0.25, -0.2) is 0 Å². The van der Waals surface area contributed by atoms with Gasteiger partial charge in [0.25, 0.3) is 10.1 Å². The van der Waals surface area contributed by atoms with Crippen LogP contribution in [0.15, 0.2) is 29.2 Å². The maximum absolute atomic E-state index is 12.0. The zero-order chi connectivity index (χ0) is 15.3. The molecule has 0 amide bonds. The van der Waals surface area contributed by atoms with Crippen LogP contribution < -0.4 is 0 Å². The summed E-state index contributed by atoms with van der Waals surface area (Å²) in [6.45, 7) is 4.36. The Labute approximate surface area is 126 Å². The molecular formula is C15H22O5S. The van der Waals surface area contributed by atoms with Crippen molar-refractivity contribution in [3.8, 4) is 0 Å². The van der Waals surface area contributed by atoms with Crippen molar-refractivity contribution in [1.29, 1.82) is 0 Å². The second kappa shape index (κ2) is 7.35. The van der Waals surface area contributed by atoms with Crippen LogP contribution in [-0.4, -0.2) is 34.0 Å². The summed E-state index contributed by atoms with van der Waals surface area (Å²) in [5.74, 6) is 0. The van der Waals surface area contributed by atoms with Crippen molar-refractivity contribution in [3.05, 3.63) is 29.8 Å². The van der Waals surface area contributed by atoms with Gasteiger partial charge in [-0.2, -0.15) is 8.42 Å². The third-order valence-corrected chi connectivity index (χ3v) is 4.59. The fourth-order valence-electron chi connectivity index (χ4n) is 2.08. The van der Waals surface area contributed by atoms with E-state index in [1.807, 2.05) is 6.92 Å². The fraction of sp³-hybridized carbons (Fsp3) is 0.600. The van der Waals surface area contributed by atoms with Crippen LogP contribution in [0.5, 0.6) is 0 Å². The highest BCUT2D eigenvalue weighted by molar-refractivity contribution is 7.86. The molecule has 0 aromatic heterocycles. The van der Waals surface area contributed by atoms with Gasteiger partial charge in [0, 0.05) is 6.61 Å². The summed E-state index contributed by atoms with van der Waals surface area (Å²) in [6.07, 6.45) is 2.37. The first-order chi connectivity index (χ1) is 9.97. The monoisotopic (exact) mass is 314 g/mol. The predicted molar refractivity (Wildman–Crippen MR) is 78.5 cm³/mol. The lowest BCUT2D eigenvalue weighted by atomic mass is 10.2. The van der Waals surface area contributed by atoms with Crippen molar-refractivity contribution >= 4 is 10.1 Å². The second-order valence-corrected chi connectivity index (χ2v) is 6.91. The molecule has 5 nitrogen and oxygen atoms in total. The molecule has 1 aromatic carbocycles. The Morgan fingerprint density at radius 3 is 2.62 bits per heavy atom. The van der Waals surface area contributed by atoms with E-state index in [2.05, 4.69) is 0 Å². The standard InChI is InChI=1S/C15H22O5S/c1-12-6-8-14(9-7-12)21(16,17)19-11-13(2)20-15-5-3-4-10-18-15/h6-9,13,15H,3-5,10-11H2,1-2H3/t13?,15-/m1/s1. The van der Waals surface area contributed by atoms with Crippen molar-refractivity contribution < 1.29 is 22.1 Å². The molecule has 0 saturated carbocycles. The Hall–Kier alpha value is -0.950. The smallest absolute Gasteiger partial charge is 0.297 e. The van der Waals surface area contributed by atoms with E-state index >= 15 is 0 Å². The van der Waals surface area contributed by atoms with Gasteiger partial charge in [0.15, 0.2) is 6.29 Å². The molecule has 0 radical (unpaired) electrons. The Bertz CT molecular complexity index is 532. The highest BCUT2D eigenvalue weighted by Crippen LogP contribution is 2.17. The molecule has 1 saturated heterocycles. The third-order valence-electron chi connectivity index (χ3n) is 3.29. The van der Waals surface area contributed by atoms with Gasteiger partial charge in [-0.3, -0.25) is 4.18 Å². The summed E-state index contributed by atoms with van der Waals surface area (Å²) in [5, 5.41) is 0. The van der Waals surface area contributed by atoms with Crippen molar-refractivity contribution in [2.75, 3.05) is 13.2 Å². The zero-order valence-electron chi connectivity index (χ0n) is 12.4. The summed E-state index contributed by atoms with van der Waals surface area (Å²) in [7, 11) is -3.73. The maximum Gasteiger partial charge on any atom is 0.297 e. The molecule has 1 heterocycles. The van der Waals surface area contributed by atoms with E-state index in [1.165, 1.54) is 0 Å². The molecule has 6 heteroatoms. The van der Waals surface area contributed by atoms with Crippen molar-refractivity contribution in [1.82, 2.24) is 0 Å². The molecule has 1 aliphatic heterocycles. The van der Waals surface area contributed by atoms with Crippen LogP contribution in [0, 0.1) is 6.92 Å². The topological polar surface area (TPSA) is 61.8 Å². The normalized spacial score (nSPS) is 21.1. The minimum Gasteiger partial charge on any atom is -0.353 e. The first kappa shape index (κ1) is 16.4. The van der Waals surface area contributed by atoms with Crippen LogP contribution in [0.2, 0.25) is 0 Å². The minimum atomic E-state index is -3.73. The van der Waals surface area contributed by atoms with Gasteiger partial charge >= 0.3 is 0 Å². The van der Waals surface area contributed by atoms with Crippen LogP contribution >= 0.6 is 0 Å². The van der Waals surface area contributed by atoms with Crippen molar-refractivity contribution in [3.63, 3.8) is 0 Å². The first-order valence-electron chi connectivity index (χ1n) is 7.20. The van der Waals surface area contributed by atoms with E-state index in [4.69, 9.17) is 13.7 Å². The quantitative estimate of drug-likeness (QED) is 0.755. The maximum atomic E-state index is 12.0. The van der Waals surface area contributed by atoms with E-state index in [0.717, 1.165) is 24.8 Å². The summed E-state index contributed by atoms with van der Waals surface area (Å²) in [5.41, 5.74) is 1.00. The highest BCUT2D eigenvalue weighted by Gasteiger charge is 2.20. The Balaban J connectivity index is 1.84. The fourth-order valence-corrected chi connectivity index (χ4v) is 3.05. The summed E-state index contributed by atoms with van der Waals surface area (Å²) in [6, 6.07) is 6.57. The highest BCUT2D eigenvalue weighted by atomic mass is 32.2. The molecule has 0 aliphatic carbocycles. The number of rotatable bonds is 6. The predicted octanol–water partition coefficient (Wildman–Crippen LogP) is 2.63. The van der Waals surface area contributed by atoms with Crippen molar-refractivity contribution in [2.45, 2.75) is 50.4 Å². The van der Waals surface area contributed by atoms with Gasteiger partial charge < -0.3 is 9.47 Å². The molecule has 0 N–H and O–H groups in total. The number of benzene rings is 1. The third kappa shape index (κ3) is 5.07. The average molecular weight is 314 g/mol. The lowest BCUT2D eigenvalue weighted by Gasteiger charge is -2.25. The molecular weight excluding hydrogens is 292 g/mol. The lowest BCUT2D eigenvalue weighted by Crippen LogP contribution is -2.29. The molecule has 2 atom stereocenters. The van der Waals surface area contributed by atoms with Crippen LogP contribution in [0.3, 0.4) is 0 Å². The van der Waals surface area contributed by atoms with Gasteiger partial charge in [-0.15, -0.1) is 0 Å². The van der Waals surface area contributed by atoms with Crippen LogP contribution in [0.4, 0.5) is 0 Å². The molecule has 0 spiro atoms. The SMILES string of the molecule is Cc1ccc(S(=O)(=O)OCC(C)O[C@@H]2CCCCO2)cc1. The van der Waals surface area contributed by atoms with E-state index in [0.29, 0.717) is 6.61 Å². The van der Waals surface area contributed by atoms with Crippen LogP contribution in [0.1, 0.15) is 31.7 Å². The average Bonchev–Trinajstić information content (AvgIpc) is 2.47. The van der Waals surface area contributed by atoms with Crippen LogP contribution in [-0.2, 0) is 23.8 Å². The summed E-state index contributed by atoms with van der Waals surface area (Å²) >= 11 is 0. The van der Waals surface area contributed by atoms with Gasteiger partial charge in [0.2, 0.25) is 0 Å². The number of ether oxygens (including phenoxy) is 2. The molecule has 1 aromatic rings. The Kier molecular flexibility index (Phi) is 5.75.